The maximum absolute atomic E-state index is 13.2. The van der Waals surface area contributed by atoms with Gasteiger partial charge in [-0.05, 0) is 36.2 Å². The molecule has 1 aromatic heterocycles. The van der Waals surface area contributed by atoms with Gasteiger partial charge < -0.3 is 15.0 Å². The predicted molar refractivity (Wildman–Crippen MR) is 86.9 cm³/mol. The van der Waals surface area contributed by atoms with Crippen molar-refractivity contribution in [2.75, 3.05) is 6.54 Å². The van der Waals surface area contributed by atoms with Crippen LogP contribution >= 0.6 is 0 Å². The van der Waals surface area contributed by atoms with Crippen LogP contribution in [-0.4, -0.2) is 38.5 Å². The predicted octanol–water partition coefficient (Wildman–Crippen LogP) is 2.65. The molecule has 4 rings (SSSR count). The third kappa shape index (κ3) is 2.45. The van der Waals surface area contributed by atoms with Crippen LogP contribution in [-0.2, 0) is 0 Å². The number of hydrogen-bond donors (Lipinski definition) is 2. The summed E-state index contributed by atoms with van der Waals surface area (Å²) in [6.45, 7) is 0.252. The maximum atomic E-state index is 13.2. The van der Waals surface area contributed by atoms with Gasteiger partial charge in [0.25, 0.3) is 5.91 Å². The Balaban J connectivity index is 1.72. The number of nitrogens with zero attached hydrogens (tertiary/aromatic N) is 2. The number of H-pyrrole nitrogens is 1. The number of aromatic amines is 1. The van der Waals surface area contributed by atoms with Crippen LogP contribution in [0.2, 0.25) is 0 Å². The van der Waals surface area contributed by atoms with Crippen molar-refractivity contribution in [1.82, 2.24) is 14.9 Å². The van der Waals surface area contributed by atoms with Crippen molar-refractivity contribution < 1.29 is 14.3 Å². The summed E-state index contributed by atoms with van der Waals surface area (Å²) >= 11 is 0. The number of amides is 1. The number of likely N-dealkylation sites (tertiary alicyclic amines) is 1. The molecule has 2 N–H and O–H groups in total. The number of β-amino-alcohol motifs (C(OH)–C–C–N with tert-alkyl or cyclic N) is 1. The molecule has 1 aliphatic heterocycles. The lowest BCUT2D eigenvalue weighted by Gasteiger charge is -2.25. The first-order valence-electron chi connectivity index (χ1n) is 7.80. The molecule has 5 nitrogen and oxygen atoms in total. The number of benzene rings is 2. The number of para-hydroxylation sites is 1. The first-order valence-corrected chi connectivity index (χ1v) is 7.80. The van der Waals surface area contributed by atoms with Gasteiger partial charge in [-0.2, -0.15) is 0 Å². The molecule has 24 heavy (non-hydrogen) atoms. The molecule has 1 aliphatic rings. The van der Waals surface area contributed by atoms with Gasteiger partial charge in [-0.15, -0.1) is 0 Å². The molecule has 0 spiro atoms. The van der Waals surface area contributed by atoms with E-state index < -0.39 is 6.10 Å². The Labute approximate surface area is 137 Å². The van der Waals surface area contributed by atoms with Gasteiger partial charge in [0.05, 0.1) is 29.6 Å². The average Bonchev–Trinajstić information content (AvgIpc) is 3.21. The summed E-state index contributed by atoms with van der Waals surface area (Å²) in [5, 5.41) is 10.1. The fraction of sp³-hybridized carbons (Fsp3) is 0.222. The third-order valence-electron chi connectivity index (χ3n) is 4.47. The molecule has 1 fully saturated rings. The highest BCUT2D eigenvalue weighted by molar-refractivity contribution is 6.05. The van der Waals surface area contributed by atoms with Crippen LogP contribution in [0.3, 0.4) is 0 Å². The van der Waals surface area contributed by atoms with Crippen LogP contribution in [0.15, 0.2) is 48.8 Å². The Morgan fingerprint density at radius 2 is 2.04 bits per heavy atom. The summed E-state index contributed by atoms with van der Waals surface area (Å²) in [5.74, 6) is -0.505. The largest absolute Gasteiger partial charge is 0.391 e. The lowest BCUT2D eigenvalue weighted by Crippen LogP contribution is -2.32. The van der Waals surface area contributed by atoms with Gasteiger partial charge in [0.2, 0.25) is 0 Å². The Kier molecular flexibility index (Phi) is 3.54. The number of aliphatic hydroxyl groups is 1. The molecule has 0 radical (unpaired) electrons. The summed E-state index contributed by atoms with van der Waals surface area (Å²) in [6.07, 6.45) is 1.40. The van der Waals surface area contributed by atoms with Crippen LogP contribution < -0.4 is 0 Å². The lowest BCUT2D eigenvalue weighted by molar-refractivity contribution is 0.0717. The fourth-order valence-electron chi connectivity index (χ4n) is 3.33. The number of carbonyl (C=O) groups is 1. The highest BCUT2D eigenvalue weighted by atomic mass is 19.1. The van der Waals surface area contributed by atoms with E-state index in [1.165, 1.54) is 12.1 Å². The van der Waals surface area contributed by atoms with E-state index in [9.17, 15) is 14.3 Å². The SMILES string of the molecule is O=C(c1cccc2[nH]cnc12)N1C[C@H](O)C[C@@H]1c1ccc(F)cc1. The smallest absolute Gasteiger partial charge is 0.256 e. The molecule has 0 saturated carbocycles. The first kappa shape index (κ1) is 14.8. The molecule has 6 heteroatoms. The molecular weight excluding hydrogens is 309 g/mol. The Morgan fingerprint density at radius 3 is 2.83 bits per heavy atom. The second-order valence-corrected chi connectivity index (χ2v) is 6.02. The highest BCUT2D eigenvalue weighted by Crippen LogP contribution is 2.34. The Bertz CT molecular complexity index is 891. The summed E-state index contributed by atoms with van der Waals surface area (Å²) in [4.78, 5) is 21.9. The topological polar surface area (TPSA) is 69.2 Å². The average molecular weight is 325 g/mol. The number of hydrogen-bond acceptors (Lipinski definition) is 3. The van der Waals surface area contributed by atoms with Gasteiger partial charge in [0.15, 0.2) is 0 Å². The summed E-state index contributed by atoms with van der Waals surface area (Å²) in [7, 11) is 0. The number of aliphatic hydroxyl groups excluding tert-OH is 1. The molecule has 3 aromatic rings. The molecule has 1 amide bonds. The van der Waals surface area contributed by atoms with E-state index in [4.69, 9.17) is 0 Å². The number of nitrogens with one attached hydrogen (secondary N) is 1. The molecule has 0 bridgehead atoms. The summed E-state index contributed by atoms with van der Waals surface area (Å²) < 4.78 is 13.2. The third-order valence-corrected chi connectivity index (χ3v) is 4.47. The summed E-state index contributed by atoms with van der Waals surface area (Å²) in [6, 6.07) is 11.2. The zero-order valence-corrected chi connectivity index (χ0v) is 12.8. The first-order chi connectivity index (χ1) is 11.6. The molecule has 2 atom stereocenters. The highest BCUT2D eigenvalue weighted by Gasteiger charge is 2.36. The van der Waals surface area contributed by atoms with Gasteiger partial charge in [-0.25, -0.2) is 9.37 Å². The monoisotopic (exact) mass is 325 g/mol. The molecule has 1 saturated heterocycles. The van der Waals surface area contributed by atoms with E-state index in [1.807, 2.05) is 6.07 Å². The minimum absolute atomic E-state index is 0.182. The molecule has 122 valence electrons. The fourth-order valence-corrected chi connectivity index (χ4v) is 3.33. The van der Waals surface area contributed by atoms with Gasteiger partial charge in [0.1, 0.15) is 11.3 Å². The summed E-state index contributed by atoms with van der Waals surface area (Å²) in [5.41, 5.74) is 2.71. The molecule has 0 unspecified atom stereocenters. The zero-order valence-electron chi connectivity index (χ0n) is 12.8. The van der Waals surface area contributed by atoms with Crippen molar-refractivity contribution in [3.63, 3.8) is 0 Å². The van der Waals surface area contributed by atoms with Crippen LogP contribution in [0.5, 0.6) is 0 Å². The van der Waals surface area contributed by atoms with Crippen LogP contribution in [0, 0.1) is 5.82 Å². The van der Waals surface area contributed by atoms with Gasteiger partial charge >= 0.3 is 0 Å². The molecule has 2 heterocycles. The van der Waals surface area contributed by atoms with Crippen molar-refractivity contribution >= 4 is 16.9 Å². The minimum Gasteiger partial charge on any atom is -0.391 e. The van der Waals surface area contributed by atoms with E-state index in [2.05, 4.69) is 9.97 Å². The zero-order chi connectivity index (χ0) is 16.7. The van der Waals surface area contributed by atoms with Crippen molar-refractivity contribution in [2.45, 2.75) is 18.6 Å². The standard InChI is InChI=1S/C18H16FN3O2/c19-12-6-4-11(5-7-12)16-8-13(23)9-22(16)18(24)14-2-1-3-15-17(14)21-10-20-15/h1-7,10,13,16,23H,8-9H2,(H,20,21)/t13-,16-/m1/s1. The Morgan fingerprint density at radius 1 is 1.25 bits per heavy atom. The minimum atomic E-state index is -0.595. The second kappa shape index (κ2) is 5.72. The van der Waals surface area contributed by atoms with E-state index in [0.717, 1.165) is 11.1 Å². The molecular formula is C18H16FN3O2. The number of aromatic nitrogens is 2. The second-order valence-electron chi connectivity index (χ2n) is 6.02. The van der Waals surface area contributed by atoms with Crippen molar-refractivity contribution in [3.05, 3.63) is 65.7 Å². The van der Waals surface area contributed by atoms with Gasteiger partial charge in [-0.3, -0.25) is 4.79 Å². The van der Waals surface area contributed by atoms with E-state index in [-0.39, 0.29) is 24.3 Å². The number of carbonyl (C=O) groups excluding carboxylic acids is 1. The maximum Gasteiger partial charge on any atom is 0.256 e. The van der Waals surface area contributed by atoms with Crippen molar-refractivity contribution in [1.29, 1.82) is 0 Å². The van der Waals surface area contributed by atoms with Gasteiger partial charge in [0, 0.05) is 6.54 Å². The van der Waals surface area contributed by atoms with Crippen LogP contribution in [0.25, 0.3) is 11.0 Å². The number of fused-ring (bicyclic) bond motifs is 1. The number of imidazole rings is 1. The van der Waals surface area contributed by atoms with Crippen molar-refractivity contribution in [2.24, 2.45) is 0 Å². The van der Waals surface area contributed by atoms with Gasteiger partial charge in [-0.1, -0.05) is 18.2 Å². The molecule has 2 aromatic carbocycles. The van der Waals surface area contributed by atoms with Crippen LogP contribution in [0.1, 0.15) is 28.4 Å². The number of rotatable bonds is 2. The van der Waals surface area contributed by atoms with Crippen molar-refractivity contribution in [3.8, 4) is 0 Å². The van der Waals surface area contributed by atoms with Crippen LogP contribution in [0.4, 0.5) is 4.39 Å². The lowest BCUT2D eigenvalue weighted by atomic mass is 10.0. The normalized spacial score (nSPS) is 20.7. The van der Waals surface area contributed by atoms with E-state index in [1.54, 1.807) is 35.5 Å². The quantitative estimate of drug-likeness (QED) is 0.761. The Hall–Kier alpha value is -2.73. The number of halogens is 1. The molecule has 0 aliphatic carbocycles. The van der Waals surface area contributed by atoms with E-state index in [0.29, 0.717) is 17.5 Å². The van der Waals surface area contributed by atoms with E-state index >= 15 is 0 Å².